The molecule has 2 atom stereocenters. The Labute approximate surface area is 93.3 Å². The van der Waals surface area contributed by atoms with Gasteiger partial charge in [-0.3, -0.25) is 9.59 Å². The second-order valence-electron chi connectivity index (χ2n) is 3.04. The van der Waals surface area contributed by atoms with Gasteiger partial charge in [-0.25, -0.2) is 0 Å². The largest absolute Gasteiger partial charge is 0.481 e. The van der Waals surface area contributed by atoms with Gasteiger partial charge in [-0.05, 0) is 6.42 Å². The van der Waals surface area contributed by atoms with E-state index < -0.39 is 24.1 Å². The predicted octanol–water partition coefficient (Wildman–Crippen LogP) is -0.690. The second-order valence-corrected chi connectivity index (χ2v) is 3.04. The summed E-state index contributed by atoms with van der Waals surface area (Å²) in [6, 6.07) is 0. The molecular formula is C9H18O7. The molecule has 0 aromatic heterocycles. The van der Waals surface area contributed by atoms with E-state index in [9.17, 15) is 0 Å². The maximum absolute atomic E-state index is 9.00. The smallest absolute Gasteiger partial charge is 0.300 e. The number of aliphatic carboxylic acids is 2. The molecule has 0 aliphatic carbocycles. The summed E-state index contributed by atoms with van der Waals surface area (Å²) in [5, 5.41) is 32.5. The molecule has 0 saturated carbocycles. The van der Waals surface area contributed by atoms with Gasteiger partial charge in [0.1, 0.15) is 6.10 Å². The van der Waals surface area contributed by atoms with Crippen molar-refractivity contribution in [3.8, 4) is 0 Å². The average Bonchev–Trinajstić information content (AvgIpc) is 2.08. The van der Waals surface area contributed by atoms with Crippen molar-refractivity contribution < 1.29 is 34.8 Å². The van der Waals surface area contributed by atoms with Crippen molar-refractivity contribution in [1.82, 2.24) is 0 Å². The highest BCUT2D eigenvalue weighted by atomic mass is 16.5. The Kier molecular flexibility index (Phi) is 11.1. The fourth-order valence-electron chi connectivity index (χ4n) is 0.712. The third-order valence-electron chi connectivity index (χ3n) is 1.29. The quantitative estimate of drug-likeness (QED) is 0.440. The molecule has 0 radical (unpaired) electrons. The lowest BCUT2D eigenvalue weighted by Crippen LogP contribution is -2.36. The van der Waals surface area contributed by atoms with Gasteiger partial charge in [0.25, 0.3) is 11.9 Å². The topological polar surface area (TPSA) is 124 Å². The Balaban J connectivity index is 0. The number of hydrogen-bond acceptors (Lipinski definition) is 5. The summed E-state index contributed by atoms with van der Waals surface area (Å²) in [4.78, 5) is 18.0. The van der Waals surface area contributed by atoms with Crippen molar-refractivity contribution in [2.24, 2.45) is 0 Å². The zero-order valence-electron chi connectivity index (χ0n) is 9.29. The molecule has 1 aliphatic heterocycles. The summed E-state index contributed by atoms with van der Waals surface area (Å²) >= 11 is 0. The van der Waals surface area contributed by atoms with Crippen LogP contribution in [-0.2, 0) is 14.3 Å². The fourth-order valence-corrected chi connectivity index (χ4v) is 0.712. The molecule has 0 spiro atoms. The van der Waals surface area contributed by atoms with Gasteiger partial charge in [-0.2, -0.15) is 0 Å². The SMILES string of the molecule is CC(=O)O.CC(=O)O.OC1CCOCC1O. The first-order chi connectivity index (χ1) is 7.27. The van der Waals surface area contributed by atoms with Crippen LogP contribution in [0.4, 0.5) is 0 Å². The number of hydrogen-bond donors (Lipinski definition) is 4. The van der Waals surface area contributed by atoms with E-state index in [0.29, 0.717) is 13.0 Å². The molecule has 1 fully saturated rings. The first-order valence-corrected chi connectivity index (χ1v) is 4.60. The second kappa shape index (κ2) is 10.3. The maximum atomic E-state index is 9.00. The number of aliphatic hydroxyl groups is 2. The summed E-state index contributed by atoms with van der Waals surface area (Å²) in [5.74, 6) is -1.67. The fraction of sp³-hybridized carbons (Fsp3) is 0.778. The van der Waals surface area contributed by atoms with E-state index in [4.69, 9.17) is 34.8 Å². The van der Waals surface area contributed by atoms with Crippen LogP contribution in [0.15, 0.2) is 0 Å². The van der Waals surface area contributed by atoms with Crippen molar-refractivity contribution in [2.45, 2.75) is 32.5 Å². The average molecular weight is 238 g/mol. The van der Waals surface area contributed by atoms with Gasteiger partial charge >= 0.3 is 0 Å². The molecule has 1 saturated heterocycles. The number of carbonyl (C=O) groups is 2. The molecule has 0 amide bonds. The van der Waals surface area contributed by atoms with Gasteiger partial charge < -0.3 is 25.2 Å². The van der Waals surface area contributed by atoms with Gasteiger partial charge in [0.05, 0.1) is 12.7 Å². The number of ether oxygens (including phenoxy) is 1. The molecular weight excluding hydrogens is 220 g/mol. The zero-order chi connectivity index (χ0) is 13.1. The summed E-state index contributed by atoms with van der Waals surface area (Å²) in [7, 11) is 0. The number of aliphatic hydroxyl groups excluding tert-OH is 2. The number of carboxylic acid groups (broad SMARTS) is 2. The van der Waals surface area contributed by atoms with Gasteiger partial charge in [0.2, 0.25) is 0 Å². The zero-order valence-corrected chi connectivity index (χ0v) is 9.29. The molecule has 1 heterocycles. The van der Waals surface area contributed by atoms with Crippen molar-refractivity contribution in [1.29, 1.82) is 0 Å². The Morgan fingerprint density at radius 3 is 1.62 bits per heavy atom. The van der Waals surface area contributed by atoms with E-state index in [1.54, 1.807) is 0 Å². The van der Waals surface area contributed by atoms with Crippen LogP contribution in [0.25, 0.3) is 0 Å². The van der Waals surface area contributed by atoms with Crippen molar-refractivity contribution >= 4 is 11.9 Å². The lowest BCUT2D eigenvalue weighted by molar-refractivity contribution is -0.135. The van der Waals surface area contributed by atoms with E-state index in [0.717, 1.165) is 13.8 Å². The van der Waals surface area contributed by atoms with E-state index in [1.807, 2.05) is 0 Å². The Hall–Kier alpha value is -1.18. The molecule has 0 bridgehead atoms. The minimum Gasteiger partial charge on any atom is -0.481 e. The van der Waals surface area contributed by atoms with Crippen LogP contribution in [0, 0.1) is 0 Å². The van der Waals surface area contributed by atoms with E-state index in [1.165, 1.54) is 0 Å². The van der Waals surface area contributed by atoms with Crippen LogP contribution in [0.1, 0.15) is 20.3 Å². The van der Waals surface area contributed by atoms with Crippen LogP contribution < -0.4 is 0 Å². The first-order valence-electron chi connectivity index (χ1n) is 4.60. The van der Waals surface area contributed by atoms with Gasteiger partial charge in [0.15, 0.2) is 0 Å². The molecule has 4 N–H and O–H groups in total. The first kappa shape index (κ1) is 17.2. The minimum absolute atomic E-state index is 0.279. The summed E-state index contributed by atoms with van der Waals surface area (Å²) in [6.45, 7) is 3.01. The molecule has 7 nitrogen and oxygen atoms in total. The Bertz CT molecular complexity index is 174. The summed E-state index contributed by atoms with van der Waals surface area (Å²) in [5.41, 5.74) is 0. The highest BCUT2D eigenvalue weighted by Crippen LogP contribution is 2.05. The normalized spacial score (nSPS) is 23.0. The lowest BCUT2D eigenvalue weighted by atomic mass is 10.1. The summed E-state index contributed by atoms with van der Waals surface area (Å²) < 4.78 is 4.84. The number of carboxylic acids is 2. The number of rotatable bonds is 0. The van der Waals surface area contributed by atoms with Gasteiger partial charge in [0, 0.05) is 20.5 Å². The minimum atomic E-state index is -0.833. The summed E-state index contributed by atoms with van der Waals surface area (Å²) in [6.07, 6.45) is -0.672. The van der Waals surface area contributed by atoms with E-state index in [-0.39, 0.29) is 6.61 Å². The highest BCUT2D eigenvalue weighted by Gasteiger charge is 2.20. The van der Waals surface area contributed by atoms with Crippen molar-refractivity contribution in [3.05, 3.63) is 0 Å². The lowest BCUT2D eigenvalue weighted by Gasteiger charge is -2.22. The Morgan fingerprint density at radius 2 is 1.44 bits per heavy atom. The van der Waals surface area contributed by atoms with Crippen LogP contribution in [0.5, 0.6) is 0 Å². The van der Waals surface area contributed by atoms with Gasteiger partial charge in [-0.1, -0.05) is 0 Å². The van der Waals surface area contributed by atoms with Crippen LogP contribution in [-0.4, -0.2) is 57.8 Å². The monoisotopic (exact) mass is 238 g/mol. The van der Waals surface area contributed by atoms with Gasteiger partial charge in [-0.15, -0.1) is 0 Å². The van der Waals surface area contributed by atoms with Crippen molar-refractivity contribution in [2.75, 3.05) is 13.2 Å². The van der Waals surface area contributed by atoms with E-state index >= 15 is 0 Å². The molecule has 0 aromatic rings. The third-order valence-corrected chi connectivity index (χ3v) is 1.29. The molecule has 0 aromatic carbocycles. The maximum Gasteiger partial charge on any atom is 0.300 e. The molecule has 96 valence electrons. The molecule has 2 unspecified atom stereocenters. The molecule has 16 heavy (non-hydrogen) atoms. The molecule has 7 heteroatoms. The predicted molar refractivity (Wildman–Crippen MR) is 54.1 cm³/mol. The third kappa shape index (κ3) is 18.6. The molecule has 1 rings (SSSR count). The van der Waals surface area contributed by atoms with Crippen LogP contribution in [0.3, 0.4) is 0 Å². The van der Waals surface area contributed by atoms with Crippen LogP contribution in [0.2, 0.25) is 0 Å². The van der Waals surface area contributed by atoms with Crippen molar-refractivity contribution in [3.63, 3.8) is 0 Å². The van der Waals surface area contributed by atoms with E-state index in [2.05, 4.69) is 0 Å². The Morgan fingerprint density at radius 1 is 1.06 bits per heavy atom. The molecule has 1 aliphatic rings. The standard InChI is InChI=1S/C5H10O3.2C2H4O2/c6-4-1-2-8-3-5(4)7;2*1-2(3)4/h4-7H,1-3H2;2*1H3,(H,3,4). The van der Waals surface area contributed by atoms with Crippen LogP contribution >= 0.6 is 0 Å². The highest BCUT2D eigenvalue weighted by molar-refractivity contribution is 5.63.